The summed E-state index contributed by atoms with van der Waals surface area (Å²) in [6.45, 7) is 4.13. The van der Waals surface area contributed by atoms with Gasteiger partial charge < -0.3 is 4.57 Å². The summed E-state index contributed by atoms with van der Waals surface area (Å²) >= 11 is 0. The quantitative estimate of drug-likeness (QED) is 0.891. The number of nitrogens with one attached hydrogen (secondary N) is 1. The lowest BCUT2D eigenvalue weighted by Gasteiger charge is -2.23. The number of aryl methyl sites for hydroxylation is 2. The number of rotatable bonds is 2. The van der Waals surface area contributed by atoms with Crippen molar-refractivity contribution >= 4 is 5.69 Å². The maximum atomic E-state index is 13.7. The number of hydrogen-bond acceptors (Lipinski definition) is 2. The van der Waals surface area contributed by atoms with Crippen LogP contribution in [-0.2, 0) is 0 Å². The zero-order chi connectivity index (χ0) is 13.4. The highest BCUT2D eigenvalue weighted by Crippen LogP contribution is 2.25. The Hall–Kier alpha value is -2.07. The maximum Gasteiger partial charge on any atom is 0.148 e. The fraction of sp³-hybridized carbons (Fsp3) is 0.200. The number of hydrogen-bond donors (Lipinski definition) is 1. The predicted octanol–water partition coefficient (Wildman–Crippen LogP) is 3.28. The molecular weight excluding hydrogens is 241 g/mol. The molecule has 1 aliphatic rings. The average Bonchev–Trinajstić information content (AvgIpc) is 2.97. The molecule has 0 spiro atoms. The lowest BCUT2D eigenvalue weighted by molar-refractivity contribution is 0.493. The first-order chi connectivity index (χ1) is 9.16. The standard InChI is InChI=1S/C15H16FN3/c1-11-7-8-12(2)19(11)15-9-10-18(17-15)14-6-4-3-5-13(14)16/h3-10,15,17H,1-2H3. The van der Waals surface area contributed by atoms with Gasteiger partial charge in [0.15, 0.2) is 0 Å². The van der Waals surface area contributed by atoms with Gasteiger partial charge in [-0.05, 0) is 44.2 Å². The van der Waals surface area contributed by atoms with Crippen LogP contribution >= 0.6 is 0 Å². The van der Waals surface area contributed by atoms with Crippen LogP contribution in [0.5, 0.6) is 0 Å². The maximum absolute atomic E-state index is 13.7. The van der Waals surface area contributed by atoms with Gasteiger partial charge in [-0.25, -0.2) is 9.82 Å². The fourth-order valence-corrected chi connectivity index (χ4v) is 2.46. The van der Waals surface area contributed by atoms with Gasteiger partial charge in [0.25, 0.3) is 0 Å². The summed E-state index contributed by atoms with van der Waals surface area (Å²) in [7, 11) is 0. The summed E-state index contributed by atoms with van der Waals surface area (Å²) in [6.07, 6.45) is 3.91. The van der Waals surface area contributed by atoms with E-state index in [0.717, 1.165) is 0 Å². The van der Waals surface area contributed by atoms with Crippen LogP contribution in [0.1, 0.15) is 17.6 Å². The van der Waals surface area contributed by atoms with Crippen molar-refractivity contribution in [1.29, 1.82) is 0 Å². The molecule has 0 radical (unpaired) electrons. The lowest BCUT2D eigenvalue weighted by Crippen LogP contribution is -2.34. The van der Waals surface area contributed by atoms with E-state index in [1.54, 1.807) is 17.1 Å². The van der Waals surface area contributed by atoms with E-state index in [1.807, 2.05) is 18.3 Å². The van der Waals surface area contributed by atoms with Gasteiger partial charge in [0.05, 0.1) is 5.69 Å². The van der Waals surface area contributed by atoms with Crippen molar-refractivity contribution in [3.8, 4) is 0 Å². The molecule has 1 atom stereocenters. The van der Waals surface area contributed by atoms with Gasteiger partial charge in [0.2, 0.25) is 0 Å². The molecule has 0 amide bonds. The molecule has 1 aliphatic heterocycles. The van der Waals surface area contributed by atoms with Crippen molar-refractivity contribution < 1.29 is 4.39 Å². The molecule has 4 heteroatoms. The molecule has 2 aromatic rings. The van der Waals surface area contributed by atoms with Gasteiger partial charge in [-0.15, -0.1) is 0 Å². The van der Waals surface area contributed by atoms with Gasteiger partial charge >= 0.3 is 0 Å². The Bertz CT molecular complexity index is 611. The first-order valence-corrected chi connectivity index (χ1v) is 6.29. The number of anilines is 1. The molecule has 0 saturated carbocycles. The zero-order valence-corrected chi connectivity index (χ0v) is 11.0. The predicted molar refractivity (Wildman–Crippen MR) is 74.1 cm³/mol. The monoisotopic (exact) mass is 257 g/mol. The van der Waals surface area contributed by atoms with Crippen molar-refractivity contribution in [3.05, 3.63) is 65.9 Å². The lowest BCUT2D eigenvalue weighted by atomic mass is 10.3. The molecule has 0 bridgehead atoms. The van der Waals surface area contributed by atoms with Crippen LogP contribution in [0, 0.1) is 19.7 Å². The van der Waals surface area contributed by atoms with E-state index in [0.29, 0.717) is 5.69 Å². The summed E-state index contributed by atoms with van der Waals surface area (Å²) in [5, 5.41) is 1.72. The third-order valence-corrected chi connectivity index (χ3v) is 3.40. The van der Waals surface area contributed by atoms with Crippen molar-refractivity contribution in [1.82, 2.24) is 9.99 Å². The third-order valence-electron chi connectivity index (χ3n) is 3.40. The minimum absolute atomic E-state index is 0.0228. The summed E-state index contributed by atoms with van der Waals surface area (Å²) in [6, 6.07) is 10.9. The molecule has 1 N–H and O–H groups in total. The summed E-state index contributed by atoms with van der Waals surface area (Å²) in [5.41, 5.74) is 6.16. The molecule has 3 rings (SSSR count). The second-order valence-corrected chi connectivity index (χ2v) is 4.72. The Morgan fingerprint density at radius 1 is 1.05 bits per heavy atom. The van der Waals surface area contributed by atoms with Crippen LogP contribution in [0.3, 0.4) is 0 Å². The van der Waals surface area contributed by atoms with E-state index in [4.69, 9.17) is 0 Å². The van der Waals surface area contributed by atoms with E-state index in [2.05, 4.69) is 36.0 Å². The van der Waals surface area contributed by atoms with Crippen molar-refractivity contribution in [2.24, 2.45) is 0 Å². The van der Waals surface area contributed by atoms with E-state index in [9.17, 15) is 4.39 Å². The largest absolute Gasteiger partial charge is 0.328 e. The molecule has 98 valence electrons. The molecule has 0 saturated heterocycles. The Morgan fingerprint density at radius 3 is 2.42 bits per heavy atom. The summed E-state index contributed by atoms with van der Waals surface area (Å²) < 4.78 is 15.9. The molecular formula is C15H16FN3. The van der Waals surface area contributed by atoms with Crippen LogP contribution < -0.4 is 10.4 Å². The number of para-hydroxylation sites is 1. The first kappa shape index (κ1) is 12.0. The molecule has 1 aromatic heterocycles. The highest BCUT2D eigenvalue weighted by atomic mass is 19.1. The van der Waals surface area contributed by atoms with Crippen molar-refractivity contribution in [2.45, 2.75) is 20.0 Å². The Kier molecular flexibility index (Phi) is 2.87. The van der Waals surface area contributed by atoms with Gasteiger partial charge in [0.1, 0.15) is 12.0 Å². The van der Waals surface area contributed by atoms with Gasteiger partial charge in [-0.1, -0.05) is 12.1 Å². The fourth-order valence-electron chi connectivity index (χ4n) is 2.46. The van der Waals surface area contributed by atoms with Gasteiger partial charge in [-0.3, -0.25) is 5.01 Å². The second kappa shape index (κ2) is 4.55. The third kappa shape index (κ3) is 2.04. The van der Waals surface area contributed by atoms with Crippen molar-refractivity contribution in [3.63, 3.8) is 0 Å². The highest BCUT2D eigenvalue weighted by Gasteiger charge is 2.21. The van der Waals surface area contributed by atoms with E-state index in [1.165, 1.54) is 17.5 Å². The molecule has 0 aliphatic carbocycles. The second-order valence-electron chi connectivity index (χ2n) is 4.72. The normalized spacial score (nSPS) is 18.3. The Labute approximate surface area is 111 Å². The number of hydrazine groups is 1. The smallest absolute Gasteiger partial charge is 0.148 e. The molecule has 1 aromatic carbocycles. The molecule has 0 fully saturated rings. The number of benzene rings is 1. The van der Waals surface area contributed by atoms with Gasteiger partial charge in [0, 0.05) is 17.6 Å². The van der Waals surface area contributed by atoms with E-state index < -0.39 is 0 Å². The number of halogens is 1. The zero-order valence-electron chi connectivity index (χ0n) is 11.0. The Balaban J connectivity index is 1.86. The highest BCUT2D eigenvalue weighted by molar-refractivity contribution is 5.50. The minimum atomic E-state index is -0.235. The van der Waals surface area contributed by atoms with Gasteiger partial charge in [-0.2, -0.15) is 0 Å². The first-order valence-electron chi connectivity index (χ1n) is 6.29. The van der Waals surface area contributed by atoms with Crippen LogP contribution in [0.2, 0.25) is 0 Å². The van der Waals surface area contributed by atoms with E-state index in [-0.39, 0.29) is 12.0 Å². The van der Waals surface area contributed by atoms with Crippen LogP contribution in [-0.4, -0.2) is 4.57 Å². The average molecular weight is 257 g/mol. The van der Waals surface area contributed by atoms with Crippen LogP contribution in [0.25, 0.3) is 0 Å². The molecule has 3 nitrogen and oxygen atoms in total. The SMILES string of the molecule is Cc1ccc(C)n1C1C=CN(c2ccccc2F)N1. The summed E-state index contributed by atoms with van der Waals surface area (Å²) in [4.78, 5) is 0. The van der Waals surface area contributed by atoms with Crippen molar-refractivity contribution in [2.75, 3.05) is 5.01 Å². The number of nitrogens with zero attached hydrogens (tertiary/aromatic N) is 2. The molecule has 19 heavy (non-hydrogen) atoms. The van der Waals surface area contributed by atoms with E-state index >= 15 is 0 Å². The molecule has 2 heterocycles. The van der Waals surface area contributed by atoms with Crippen LogP contribution in [0.15, 0.2) is 48.7 Å². The Morgan fingerprint density at radius 2 is 1.74 bits per heavy atom. The molecule has 1 unspecified atom stereocenters. The topological polar surface area (TPSA) is 20.2 Å². The summed E-state index contributed by atoms with van der Waals surface area (Å²) in [5.74, 6) is -0.235. The van der Waals surface area contributed by atoms with Crippen LogP contribution in [0.4, 0.5) is 10.1 Å². The number of aromatic nitrogens is 1. The minimum Gasteiger partial charge on any atom is -0.328 e.